The zero-order chi connectivity index (χ0) is 12.3. The summed E-state index contributed by atoms with van der Waals surface area (Å²) in [7, 11) is 0. The number of hydrogen-bond acceptors (Lipinski definition) is 3. The van der Waals surface area contributed by atoms with Crippen LogP contribution in [-0.4, -0.2) is 16.0 Å². The first kappa shape index (κ1) is 13.1. The van der Waals surface area contributed by atoms with Crippen LogP contribution in [0.1, 0.15) is 39.0 Å². The first-order valence-electron chi connectivity index (χ1n) is 6.13. The molecule has 1 aliphatic rings. The van der Waals surface area contributed by atoms with Crippen molar-refractivity contribution in [2.24, 2.45) is 5.92 Å². The summed E-state index contributed by atoms with van der Waals surface area (Å²) in [5, 5.41) is 3.94. The molecule has 94 valence electrons. The molecule has 1 fully saturated rings. The molecule has 2 atom stereocenters. The maximum Gasteiger partial charge on any atom is 0.148 e. The molecule has 3 nitrogen and oxygen atoms in total. The zero-order valence-corrected chi connectivity index (χ0v) is 12.3. The third kappa shape index (κ3) is 3.32. The molecule has 0 radical (unpaired) electrons. The SMILES string of the molecule is CCC1CCCC(Nc2ncnc(Cl)c2Br)C1. The molecule has 0 aromatic carbocycles. The van der Waals surface area contributed by atoms with E-state index >= 15 is 0 Å². The normalized spacial score (nSPS) is 24.6. The highest BCUT2D eigenvalue weighted by Gasteiger charge is 2.21. The summed E-state index contributed by atoms with van der Waals surface area (Å²) in [6, 6.07) is 0.510. The molecule has 0 bridgehead atoms. The van der Waals surface area contributed by atoms with Crippen molar-refractivity contribution >= 4 is 33.3 Å². The van der Waals surface area contributed by atoms with Gasteiger partial charge in [-0.25, -0.2) is 9.97 Å². The number of nitrogens with zero attached hydrogens (tertiary/aromatic N) is 2. The fraction of sp³-hybridized carbons (Fsp3) is 0.667. The van der Waals surface area contributed by atoms with Gasteiger partial charge in [0.25, 0.3) is 0 Å². The lowest BCUT2D eigenvalue weighted by molar-refractivity contribution is 0.327. The van der Waals surface area contributed by atoms with E-state index in [4.69, 9.17) is 11.6 Å². The molecular formula is C12H17BrClN3. The van der Waals surface area contributed by atoms with E-state index in [1.807, 2.05) is 0 Å². The molecule has 2 rings (SSSR count). The van der Waals surface area contributed by atoms with Crippen LogP contribution in [0.2, 0.25) is 5.15 Å². The van der Waals surface area contributed by atoms with Crippen molar-refractivity contribution in [2.75, 3.05) is 5.32 Å². The Bertz CT molecular complexity index is 386. The van der Waals surface area contributed by atoms with Gasteiger partial charge in [-0.2, -0.15) is 0 Å². The Hall–Kier alpha value is -0.350. The number of nitrogens with one attached hydrogen (secondary N) is 1. The van der Waals surface area contributed by atoms with Gasteiger partial charge in [0, 0.05) is 6.04 Å². The van der Waals surface area contributed by atoms with Gasteiger partial charge < -0.3 is 5.32 Å². The van der Waals surface area contributed by atoms with E-state index in [1.54, 1.807) is 0 Å². The van der Waals surface area contributed by atoms with E-state index in [0.717, 1.165) is 16.2 Å². The molecule has 1 N–H and O–H groups in total. The van der Waals surface area contributed by atoms with E-state index in [9.17, 15) is 0 Å². The van der Waals surface area contributed by atoms with Crippen molar-refractivity contribution in [3.63, 3.8) is 0 Å². The Morgan fingerprint density at radius 3 is 3.06 bits per heavy atom. The maximum atomic E-state index is 5.95. The molecule has 0 amide bonds. The molecule has 17 heavy (non-hydrogen) atoms. The highest BCUT2D eigenvalue weighted by Crippen LogP contribution is 2.31. The van der Waals surface area contributed by atoms with Crippen LogP contribution in [0.25, 0.3) is 0 Å². The summed E-state index contributed by atoms with van der Waals surface area (Å²) >= 11 is 9.37. The average Bonchev–Trinajstić information content (AvgIpc) is 2.35. The molecule has 0 spiro atoms. The summed E-state index contributed by atoms with van der Waals surface area (Å²) in [5.74, 6) is 1.66. The van der Waals surface area contributed by atoms with Gasteiger partial charge in [0.1, 0.15) is 17.3 Å². The van der Waals surface area contributed by atoms with Crippen LogP contribution in [0.15, 0.2) is 10.8 Å². The number of aromatic nitrogens is 2. The van der Waals surface area contributed by atoms with Crippen LogP contribution in [0.5, 0.6) is 0 Å². The molecule has 1 heterocycles. The van der Waals surface area contributed by atoms with E-state index in [1.165, 1.54) is 38.4 Å². The highest BCUT2D eigenvalue weighted by molar-refractivity contribution is 9.10. The van der Waals surface area contributed by atoms with Gasteiger partial charge in [-0.3, -0.25) is 0 Å². The standard InChI is InChI=1S/C12H17BrClN3/c1-2-8-4-3-5-9(6-8)17-12-10(13)11(14)15-7-16-12/h7-9H,2-6H2,1H3,(H,15,16,17). The molecule has 1 aliphatic carbocycles. The Morgan fingerprint density at radius 1 is 1.47 bits per heavy atom. The van der Waals surface area contributed by atoms with E-state index < -0.39 is 0 Å². The predicted octanol–water partition coefficient (Wildman–Crippen LogP) is 4.27. The summed E-state index contributed by atoms with van der Waals surface area (Å²) < 4.78 is 0.764. The monoisotopic (exact) mass is 317 g/mol. The second kappa shape index (κ2) is 6.01. The van der Waals surface area contributed by atoms with Crippen molar-refractivity contribution in [2.45, 2.75) is 45.1 Å². The first-order chi connectivity index (χ1) is 8.20. The minimum absolute atomic E-state index is 0.463. The third-order valence-corrected chi connectivity index (χ3v) is 4.71. The average molecular weight is 319 g/mol. The second-order valence-corrected chi connectivity index (χ2v) is 5.76. The Morgan fingerprint density at radius 2 is 2.29 bits per heavy atom. The molecule has 0 aliphatic heterocycles. The molecule has 1 aromatic heterocycles. The van der Waals surface area contributed by atoms with E-state index in [0.29, 0.717) is 11.2 Å². The fourth-order valence-electron chi connectivity index (χ4n) is 2.44. The number of rotatable bonds is 3. The predicted molar refractivity (Wildman–Crippen MR) is 74.4 cm³/mol. The molecular weight excluding hydrogens is 302 g/mol. The van der Waals surface area contributed by atoms with Gasteiger partial charge in [-0.1, -0.05) is 37.8 Å². The van der Waals surface area contributed by atoms with Gasteiger partial charge in [-0.05, 0) is 34.7 Å². The summed E-state index contributed by atoms with van der Waals surface area (Å²) in [5.41, 5.74) is 0. The van der Waals surface area contributed by atoms with Crippen LogP contribution < -0.4 is 5.32 Å². The van der Waals surface area contributed by atoms with Crippen LogP contribution in [0.3, 0.4) is 0 Å². The van der Waals surface area contributed by atoms with Crippen molar-refractivity contribution in [3.05, 3.63) is 16.0 Å². The third-order valence-electron chi connectivity index (χ3n) is 3.45. The van der Waals surface area contributed by atoms with Gasteiger partial charge in [-0.15, -0.1) is 0 Å². The van der Waals surface area contributed by atoms with Crippen LogP contribution in [0, 0.1) is 5.92 Å². The number of anilines is 1. The summed E-state index contributed by atoms with van der Waals surface area (Å²) in [6.07, 6.45) is 7.86. The fourth-order valence-corrected chi connectivity index (χ4v) is 2.89. The minimum Gasteiger partial charge on any atom is -0.366 e. The van der Waals surface area contributed by atoms with Crippen LogP contribution >= 0.6 is 27.5 Å². The quantitative estimate of drug-likeness (QED) is 0.846. The van der Waals surface area contributed by atoms with Crippen molar-refractivity contribution < 1.29 is 0 Å². The van der Waals surface area contributed by atoms with E-state index in [2.05, 4.69) is 38.1 Å². The lowest BCUT2D eigenvalue weighted by Crippen LogP contribution is -2.27. The van der Waals surface area contributed by atoms with E-state index in [-0.39, 0.29) is 0 Å². The molecule has 1 saturated carbocycles. The van der Waals surface area contributed by atoms with Crippen LogP contribution in [0.4, 0.5) is 5.82 Å². The maximum absolute atomic E-state index is 5.95. The number of halogens is 2. The summed E-state index contributed by atoms with van der Waals surface area (Å²) in [4.78, 5) is 8.16. The van der Waals surface area contributed by atoms with Crippen molar-refractivity contribution in [1.82, 2.24) is 9.97 Å². The lowest BCUT2D eigenvalue weighted by Gasteiger charge is -2.29. The highest BCUT2D eigenvalue weighted by atomic mass is 79.9. The lowest BCUT2D eigenvalue weighted by atomic mass is 9.84. The van der Waals surface area contributed by atoms with Gasteiger partial charge in [0.2, 0.25) is 0 Å². The Balaban J connectivity index is 2.02. The molecule has 5 heteroatoms. The van der Waals surface area contributed by atoms with Gasteiger partial charge in [0.15, 0.2) is 0 Å². The number of hydrogen-bond donors (Lipinski definition) is 1. The largest absolute Gasteiger partial charge is 0.366 e. The van der Waals surface area contributed by atoms with Gasteiger partial charge >= 0.3 is 0 Å². The zero-order valence-electron chi connectivity index (χ0n) is 9.92. The van der Waals surface area contributed by atoms with Crippen LogP contribution in [-0.2, 0) is 0 Å². The first-order valence-corrected chi connectivity index (χ1v) is 7.30. The summed E-state index contributed by atoms with van der Waals surface area (Å²) in [6.45, 7) is 2.27. The molecule has 0 saturated heterocycles. The minimum atomic E-state index is 0.463. The topological polar surface area (TPSA) is 37.8 Å². The Kier molecular flexibility index (Phi) is 4.62. The smallest absolute Gasteiger partial charge is 0.148 e. The molecule has 2 unspecified atom stereocenters. The van der Waals surface area contributed by atoms with Crippen molar-refractivity contribution in [1.29, 1.82) is 0 Å². The Labute approximate surface area is 116 Å². The molecule has 1 aromatic rings. The second-order valence-electron chi connectivity index (χ2n) is 4.61. The van der Waals surface area contributed by atoms with Gasteiger partial charge in [0.05, 0.1) is 4.47 Å². The van der Waals surface area contributed by atoms with Crippen molar-refractivity contribution in [3.8, 4) is 0 Å².